The molecule has 3 heteroatoms. The van der Waals surface area contributed by atoms with Crippen molar-refractivity contribution in [3.8, 4) is 0 Å². The van der Waals surface area contributed by atoms with Gasteiger partial charge in [0.25, 0.3) is 0 Å². The van der Waals surface area contributed by atoms with Gasteiger partial charge in [0.15, 0.2) is 0 Å². The molecule has 3 nitrogen and oxygen atoms in total. The van der Waals surface area contributed by atoms with Gasteiger partial charge in [0.2, 0.25) is 0 Å². The van der Waals surface area contributed by atoms with Gasteiger partial charge in [-0.1, -0.05) is 0 Å². The van der Waals surface area contributed by atoms with Gasteiger partial charge in [-0.2, -0.15) is 0 Å². The molecule has 0 aliphatic heterocycles. The summed E-state index contributed by atoms with van der Waals surface area (Å²) < 4.78 is 4.89. The molecule has 0 saturated carbocycles. The second-order valence-electron chi connectivity index (χ2n) is 2.16. The van der Waals surface area contributed by atoms with Crippen LogP contribution in [0.3, 0.4) is 0 Å². The molecule has 0 aromatic rings. The Morgan fingerprint density at radius 3 is 2.44 bits per heavy atom. The molecule has 2 unspecified atom stereocenters. The quantitative estimate of drug-likeness (QED) is 0.595. The summed E-state index contributed by atoms with van der Waals surface area (Å²) in [6.45, 7) is 3.32. The molecule has 0 fully saturated rings. The summed E-state index contributed by atoms with van der Waals surface area (Å²) >= 11 is 0. The largest absolute Gasteiger partial charge is 0.391 e. The zero-order chi connectivity index (χ0) is 7.28. The van der Waals surface area contributed by atoms with Crippen molar-refractivity contribution < 1.29 is 14.9 Å². The lowest BCUT2D eigenvalue weighted by Crippen LogP contribution is -2.19. The van der Waals surface area contributed by atoms with Crippen LogP contribution >= 0.6 is 0 Å². The van der Waals surface area contributed by atoms with E-state index in [9.17, 15) is 5.11 Å². The molecule has 1 N–H and O–H groups in total. The third-order valence-electron chi connectivity index (χ3n) is 0.857. The second kappa shape index (κ2) is 4.73. The summed E-state index contributed by atoms with van der Waals surface area (Å²) in [5.41, 5.74) is 0. The predicted octanol–water partition coefficient (Wildman–Crippen LogP) is 0.203. The van der Waals surface area contributed by atoms with Crippen LogP contribution < -0.4 is 0 Å². The van der Waals surface area contributed by atoms with Crippen LogP contribution in [0.4, 0.5) is 0 Å². The van der Waals surface area contributed by atoms with Gasteiger partial charge < -0.3 is 9.84 Å². The van der Waals surface area contributed by atoms with Crippen LogP contribution in [0.1, 0.15) is 13.8 Å². The number of ether oxygens (including phenoxy) is 1. The van der Waals surface area contributed by atoms with Crippen molar-refractivity contribution in [3.63, 3.8) is 0 Å². The van der Waals surface area contributed by atoms with Crippen molar-refractivity contribution in [1.82, 2.24) is 0 Å². The van der Waals surface area contributed by atoms with E-state index in [0.717, 1.165) is 0 Å². The van der Waals surface area contributed by atoms with Gasteiger partial charge >= 0.3 is 0 Å². The van der Waals surface area contributed by atoms with E-state index in [1.807, 2.05) is 0 Å². The number of aliphatic hydroxyl groups excluding tert-OH is 1. The van der Waals surface area contributed by atoms with E-state index in [1.165, 1.54) is 0 Å². The fraction of sp³-hybridized carbons (Fsp3) is 1.00. The van der Waals surface area contributed by atoms with E-state index in [-0.39, 0.29) is 19.3 Å². The summed E-state index contributed by atoms with van der Waals surface area (Å²) in [7, 11) is 0. The number of hydrogen-bond donors (Lipinski definition) is 1. The molecule has 55 valence electrons. The summed E-state index contributed by atoms with van der Waals surface area (Å²) in [4.78, 5) is 0. The van der Waals surface area contributed by atoms with Gasteiger partial charge in [-0.05, 0) is 13.8 Å². The number of hydrogen-bond acceptors (Lipinski definition) is 2. The maximum atomic E-state index is 10.0. The summed E-state index contributed by atoms with van der Waals surface area (Å²) in [6, 6.07) is 0. The SMILES string of the molecule is CC(O)COC(C)C[O]. The minimum atomic E-state index is -0.473. The minimum Gasteiger partial charge on any atom is -0.391 e. The first-order chi connectivity index (χ1) is 4.16. The Morgan fingerprint density at radius 2 is 2.11 bits per heavy atom. The van der Waals surface area contributed by atoms with Gasteiger partial charge in [0.1, 0.15) is 6.61 Å². The van der Waals surface area contributed by atoms with E-state index in [1.54, 1.807) is 13.8 Å². The Balaban J connectivity index is 3.06. The Hall–Kier alpha value is -0.120. The molecular weight excluding hydrogens is 120 g/mol. The van der Waals surface area contributed by atoms with E-state index in [0.29, 0.717) is 0 Å². The van der Waals surface area contributed by atoms with Gasteiger partial charge in [-0.15, -0.1) is 0 Å². The summed E-state index contributed by atoms with van der Waals surface area (Å²) in [5.74, 6) is 0. The zero-order valence-electron chi connectivity index (χ0n) is 5.83. The summed E-state index contributed by atoms with van der Waals surface area (Å²) in [5, 5.41) is 18.7. The van der Waals surface area contributed by atoms with E-state index < -0.39 is 6.10 Å². The zero-order valence-corrected chi connectivity index (χ0v) is 5.83. The van der Waals surface area contributed by atoms with Crippen molar-refractivity contribution >= 4 is 0 Å². The van der Waals surface area contributed by atoms with Crippen molar-refractivity contribution in [2.24, 2.45) is 0 Å². The Kier molecular flexibility index (Phi) is 4.67. The average Bonchev–Trinajstić information content (AvgIpc) is 1.83. The first-order valence-corrected chi connectivity index (χ1v) is 3.04. The molecule has 0 amide bonds. The molecule has 0 aliphatic rings. The van der Waals surface area contributed by atoms with Crippen LogP contribution in [0, 0.1) is 0 Å². The molecule has 0 spiro atoms. The van der Waals surface area contributed by atoms with E-state index >= 15 is 0 Å². The molecular formula is C6H13O3. The van der Waals surface area contributed by atoms with Crippen LogP contribution in [-0.4, -0.2) is 30.5 Å². The van der Waals surface area contributed by atoms with Gasteiger partial charge in [0, 0.05) is 0 Å². The maximum Gasteiger partial charge on any atom is 0.108 e. The Bertz CT molecular complexity index is 63.3. The van der Waals surface area contributed by atoms with Crippen LogP contribution in [-0.2, 0) is 9.84 Å². The molecule has 0 aromatic heterocycles. The first-order valence-electron chi connectivity index (χ1n) is 3.04. The van der Waals surface area contributed by atoms with Gasteiger partial charge in [-0.3, -0.25) is 0 Å². The lowest BCUT2D eigenvalue weighted by Gasteiger charge is -2.09. The first kappa shape index (κ1) is 8.88. The standard InChI is InChI=1S/C6H13O3/c1-5(8)4-9-6(2)3-7/h5-6,8H,3-4H2,1-2H3. The third-order valence-corrected chi connectivity index (χ3v) is 0.857. The molecule has 0 aromatic carbocycles. The molecule has 1 radical (unpaired) electrons. The molecule has 0 rings (SSSR count). The highest BCUT2D eigenvalue weighted by molar-refractivity contribution is 4.47. The van der Waals surface area contributed by atoms with E-state index in [4.69, 9.17) is 9.84 Å². The minimum absolute atomic E-state index is 0.243. The van der Waals surface area contributed by atoms with Crippen molar-refractivity contribution in [1.29, 1.82) is 0 Å². The molecule has 0 saturated heterocycles. The van der Waals surface area contributed by atoms with Gasteiger partial charge in [-0.25, -0.2) is 5.11 Å². The Labute approximate surface area is 55.3 Å². The normalized spacial score (nSPS) is 17.3. The topological polar surface area (TPSA) is 49.4 Å². The fourth-order valence-corrected chi connectivity index (χ4v) is 0.352. The highest BCUT2D eigenvalue weighted by Crippen LogP contribution is 1.90. The molecule has 0 aliphatic carbocycles. The third kappa shape index (κ3) is 5.76. The van der Waals surface area contributed by atoms with Crippen LogP contribution in [0.25, 0.3) is 0 Å². The second-order valence-corrected chi connectivity index (χ2v) is 2.16. The predicted molar refractivity (Wildman–Crippen MR) is 32.6 cm³/mol. The van der Waals surface area contributed by atoms with Crippen LogP contribution in [0.5, 0.6) is 0 Å². The van der Waals surface area contributed by atoms with Crippen molar-refractivity contribution in [3.05, 3.63) is 0 Å². The lowest BCUT2D eigenvalue weighted by molar-refractivity contribution is -0.0317. The van der Waals surface area contributed by atoms with Crippen molar-refractivity contribution in [2.45, 2.75) is 26.1 Å². The van der Waals surface area contributed by atoms with E-state index in [2.05, 4.69) is 0 Å². The van der Waals surface area contributed by atoms with Gasteiger partial charge in [0.05, 0.1) is 18.8 Å². The lowest BCUT2D eigenvalue weighted by atomic mass is 10.4. The van der Waals surface area contributed by atoms with Crippen molar-refractivity contribution in [2.75, 3.05) is 13.2 Å². The average molecular weight is 133 g/mol. The molecule has 9 heavy (non-hydrogen) atoms. The Morgan fingerprint density at radius 1 is 1.56 bits per heavy atom. The number of rotatable bonds is 4. The summed E-state index contributed by atoms with van der Waals surface area (Å²) in [6.07, 6.45) is -0.751. The smallest absolute Gasteiger partial charge is 0.108 e. The monoisotopic (exact) mass is 133 g/mol. The molecule has 0 bridgehead atoms. The molecule has 2 atom stereocenters. The maximum absolute atomic E-state index is 10.0. The highest BCUT2D eigenvalue weighted by Gasteiger charge is 2.01. The van der Waals surface area contributed by atoms with Crippen LogP contribution in [0.2, 0.25) is 0 Å². The fourth-order valence-electron chi connectivity index (χ4n) is 0.352. The number of aliphatic hydroxyl groups is 1. The molecule has 0 heterocycles. The van der Waals surface area contributed by atoms with Crippen LogP contribution in [0.15, 0.2) is 0 Å². The highest BCUT2D eigenvalue weighted by atomic mass is 16.5.